The van der Waals surface area contributed by atoms with Gasteiger partial charge in [-0.25, -0.2) is 8.42 Å². The van der Waals surface area contributed by atoms with Crippen LogP contribution in [0, 0.1) is 0 Å². The van der Waals surface area contributed by atoms with E-state index in [0.717, 1.165) is 4.88 Å². The summed E-state index contributed by atoms with van der Waals surface area (Å²) in [6.07, 6.45) is 1.47. The highest BCUT2D eigenvalue weighted by Gasteiger charge is 2.28. The predicted molar refractivity (Wildman–Crippen MR) is 84.9 cm³/mol. The lowest BCUT2D eigenvalue weighted by Gasteiger charge is -2.19. The van der Waals surface area contributed by atoms with Gasteiger partial charge in [0.1, 0.15) is 4.90 Å². The smallest absolute Gasteiger partial charge is 0.248 e. The van der Waals surface area contributed by atoms with Crippen molar-refractivity contribution in [3.63, 3.8) is 0 Å². The van der Waals surface area contributed by atoms with Gasteiger partial charge in [0.05, 0.1) is 4.34 Å². The van der Waals surface area contributed by atoms with Crippen molar-refractivity contribution in [2.75, 3.05) is 12.3 Å². The maximum atomic E-state index is 12.7. The van der Waals surface area contributed by atoms with Crippen molar-refractivity contribution >= 4 is 38.8 Å². The molecule has 0 saturated heterocycles. The summed E-state index contributed by atoms with van der Waals surface area (Å²) in [4.78, 5) is 0.931. The molecule has 0 fully saturated rings. The van der Waals surface area contributed by atoms with Crippen LogP contribution in [0.2, 0.25) is 4.34 Å². The Bertz CT molecular complexity index is 723. The lowest BCUT2D eigenvalue weighted by atomic mass is 10.4. The fraction of sp³-hybridized carbons (Fsp3) is 0.417. The van der Waals surface area contributed by atoms with E-state index in [1.807, 2.05) is 13.0 Å². The topological polar surface area (TPSA) is 81.2 Å². The largest absolute Gasteiger partial charge is 0.381 e. The van der Waals surface area contributed by atoms with Gasteiger partial charge >= 0.3 is 0 Å². The van der Waals surface area contributed by atoms with Crippen LogP contribution in [0.5, 0.6) is 0 Å². The molecule has 9 heteroatoms. The summed E-state index contributed by atoms with van der Waals surface area (Å²) in [7, 11) is -3.67. The molecule has 0 radical (unpaired) electrons. The van der Waals surface area contributed by atoms with E-state index < -0.39 is 10.0 Å². The molecular weight excluding hydrogens is 332 g/mol. The number of halogens is 1. The first-order valence-corrected chi connectivity index (χ1v) is 9.09. The van der Waals surface area contributed by atoms with Crippen molar-refractivity contribution < 1.29 is 8.42 Å². The van der Waals surface area contributed by atoms with Crippen molar-refractivity contribution in [1.82, 2.24) is 14.1 Å². The van der Waals surface area contributed by atoms with Gasteiger partial charge in [-0.05, 0) is 19.1 Å². The Kier molecular flexibility index (Phi) is 4.92. The van der Waals surface area contributed by atoms with E-state index in [-0.39, 0.29) is 17.3 Å². The molecule has 21 heavy (non-hydrogen) atoms. The average Bonchev–Trinajstić information content (AvgIpc) is 3.01. The molecule has 0 spiro atoms. The van der Waals surface area contributed by atoms with Crippen molar-refractivity contribution in [1.29, 1.82) is 0 Å². The van der Waals surface area contributed by atoms with Gasteiger partial charge in [0, 0.05) is 30.7 Å². The average molecular weight is 349 g/mol. The predicted octanol–water partition coefficient (Wildman–Crippen LogP) is 2.41. The highest BCUT2D eigenvalue weighted by atomic mass is 35.5. The molecule has 0 amide bonds. The third-order valence-electron chi connectivity index (χ3n) is 3.01. The first-order valence-electron chi connectivity index (χ1n) is 6.45. The molecule has 2 aromatic rings. The molecule has 0 saturated carbocycles. The summed E-state index contributed by atoms with van der Waals surface area (Å²) in [6.45, 7) is 4.83. The van der Waals surface area contributed by atoms with Crippen LogP contribution in [0.1, 0.15) is 18.7 Å². The Morgan fingerprint density at radius 3 is 2.62 bits per heavy atom. The van der Waals surface area contributed by atoms with Crippen LogP contribution in [-0.4, -0.2) is 29.0 Å². The Labute approximate surface area is 133 Å². The van der Waals surface area contributed by atoms with Crippen LogP contribution in [0.15, 0.2) is 23.2 Å². The molecular formula is C12H17ClN4O2S2. The third-order valence-corrected chi connectivity index (χ3v) is 6.16. The summed E-state index contributed by atoms with van der Waals surface area (Å²) >= 11 is 7.25. The van der Waals surface area contributed by atoms with Gasteiger partial charge in [0.15, 0.2) is 5.82 Å². The van der Waals surface area contributed by atoms with E-state index >= 15 is 0 Å². The first-order chi connectivity index (χ1) is 9.88. The number of aromatic nitrogens is 2. The summed E-state index contributed by atoms with van der Waals surface area (Å²) in [5.41, 5.74) is 5.74. The zero-order chi connectivity index (χ0) is 15.6. The number of nitrogens with two attached hydrogens (primary N) is 1. The van der Waals surface area contributed by atoms with E-state index in [4.69, 9.17) is 17.3 Å². The van der Waals surface area contributed by atoms with Gasteiger partial charge in [-0.3, -0.25) is 4.68 Å². The maximum absolute atomic E-state index is 12.7. The second-order valence-electron chi connectivity index (χ2n) is 4.37. The minimum absolute atomic E-state index is 0.0273. The van der Waals surface area contributed by atoms with Crippen molar-refractivity contribution in [2.24, 2.45) is 0 Å². The van der Waals surface area contributed by atoms with Gasteiger partial charge in [0.2, 0.25) is 10.0 Å². The van der Waals surface area contributed by atoms with E-state index in [0.29, 0.717) is 17.4 Å². The Hall–Kier alpha value is -1.09. The molecule has 2 rings (SSSR count). The lowest BCUT2D eigenvalue weighted by Crippen LogP contribution is -2.30. The van der Waals surface area contributed by atoms with Crippen molar-refractivity contribution in [2.45, 2.75) is 31.8 Å². The number of aryl methyl sites for hydroxylation is 1. The fourth-order valence-corrected chi connectivity index (χ4v) is 4.57. The van der Waals surface area contributed by atoms with Crippen LogP contribution in [0.25, 0.3) is 0 Å². The number of nitrogen functional groups attached to an aromatic ring is 1. The highest BCUT2D eigenvalue weighted by Crippen LogP contribution is 2.26. The molecule has 2 heterocycles. The molecule has 2 aromatic heterocycles. The Balaban J connectivity index is 2.32. The highest BCUT2D eigenvalue weighted by molar-refractivity contribution is 7.89. The van der Waals surface area contributed by atoms with Crippen LogP contribution in [0.3, 0.4) is 0 Å². The maximum Gasteiger partial charge on any atom is 0.248 e. The SMILES string of the molecule is CCN(Cc1ccc(Cl)s1)S(=O)(=O)c1cn(CC)nc1N. The number of thiophene rings is 1. The number of hydrogen-bond donors (Lipinski definition) is 1. The van der Waals surface area contributed by atoms with Gasteiger partial charge in [-0.2, -0.15) is 9.40 Å². The van der Waals surface area contributed by atoms with Crippen molar-refractivity contribution in [3.05, 3.63) is 27.5 Å². The second-order valence-corrected chi connectivity index (χ2v) is 8.08. The summed E-state index contributed by atoms with van der Waals surface area (Å²) in [5, 5.41) is 3.99. The first kappa shape index (κ1) is 16.3. The zero-order valence-electron chi connectivity index (χ0n) is 11.8. The normalized spacial score (nSPS) is 12.2. The minimum Gasteiger partial charge on any atom is -0.381 e. The summed E-state index contributed by atoms with van der Waals surface area (Å²) in [5.74, 6) is 0.0273. The van der Waals surface area contributed by atoms with Gasteiger partial charge < -0.3 is 5.73 Å². The van der Waals surface area contributed by atoms with Gasteiger partial charge in [-0.15, -0.1) is 11.3 Å². The molecule has 0 aliphatic rings. The van der Waals surface area contributed by atoms with E-state index in [1.54, 1.807) is 13.0 Å². The van der Waals surface area contributed by atoms with E-state index in [9.17, 15) is 8.42 Å². The molecule has 0 aliphatic carbocycles. The number of hydrogen-bond acceptors (Lipinski definition) is 5. The standard InChI is InChI=1S/C12H17ClN4O2S2/c1-3-16-8-10(12(14)15-16)21(18,19)17(4-2)7-9-5-6-11(13)20-9/h5-6,8H,3-4,7H2,1-2H3,(H2,14,15). The molecule has 2 N–H and O–H groups in total. The lowest BCUT2D eigenvalue weighted by molar-refractivity contribution is 0.426. The third kappa shape index (κ3) is 3.39. The fourth-order valence-electron chi connectivity index (χ4n) is 1.90. The van der Waals surface area contributed by atoms with E-state index in [1.165, 1.54) is 26.5 Å². The van der Waals surface area contributed by atoms with Crippen LogP contribution in [-0.2, 0) is 23.1 Å². The quantitative estimate of drug-likeness (QED) is 0.869. The van der Waals surface area contributed by atoms with Crippen LogP contribution >= 0.6 is 22.9 Å². The number of rotatable bonds is 6. The Morgan fingerprint density at radius 2 is 2.14 bits per heavy atom. The summed E-state index contributed by atoms with van der Waals surface area (Å²) in [6, 6.07) is 3.58. The molecule has 0 bridgehead atoms. The van der Waals surface area contributed by atoms with E-state index in [2.05, 4.69) is 5.10 Å². The number of sulfonamides is 1. The zero-order valence-corrected chi connectivity index (χ0v) is 14.2. The molecule has 6 nitrogen and oxygen atoms in total. The molecule has 0 aromatic carbocycles. The minimum atomic E-state index is -3.67. The molecule has 0 unspecified atom stereocenters. The molecule has 0 atom stereocenters. The number of nitrogens with zero attached hydrogens (tertiary/aromatic N) is 3. The Morgan fingerprint density at radius 1 is 1.43 bits per heavy atom. The number of anilines is 1. The van der Waals surface area contributed by atoms with Crippen LogP contribution < -0.4 is 5.73 Å². The van der Waals surface area contributed by atoms with Crippen LogP contribution in [0.4, 0.5) is 5.82 Å². The van der Waals surface area contributed by atoms with Crippen molar-refractivity contribution in [3.8, 4) is 0 Å². The van der Waals surface area contributed by atoms with Gasteiger partial charge in [-0.1, -0.05) is 18.5 Å². The second kappa shape index (κ2) is 6.35. The monoisotopic (exact) mass is 348 g/mol. The molecule has 0 aliphatic heterocycles. The summed E-state index contributed by atoms with van der Waals surface area (Å²) < 4.78 is 28.9. The van der Waals surface area contributed by atoms with Gasteiger partial charge in [0.25, 0.3) is 0 Å². The molecule has 116 valence electrons.